The second-order valence-electron chi connectivity index (χ2n) is 6.72. The monoisotopic (exact) mass is 381 g/mol. The van der Waals surface area contributed by atoms with Gasteiger partial charge in [0, 0.05) is 29.1 Å². The zero-order chi connectivity index (χ0) is 18.4. The highest BCUT2D eigenvalue weighted by atomic mass is 32.1. The Morgan fingerprint density at radius 3 is 2.89 bits per heavy atom. The second-order valence-corrected chi connectivity index (χ2v) is 7.58. The lowest BCUT2D eigenvalue weighted by atomic mass is 10.2. The predicted molar refractivity (Wildman–Crippen MR) is 102 cm³/mol. The first-order chi connectivity index (χ1) is 13.2. The Hall–Kier alpha value is -2.93. The van der Waals surface area contributed by atoms with E-state index in [4.69, 9.17) is 4.74 Å². The van der Waals surface area contributed by atoms with Gasteiger partial charge in [0.2, 0.25) is 0 Å². The van der Waals surface area contributed by atoms with Gasteiger partial charge in [0.15, 0.2) is 5.13 Å². The number of aromatic amines is 1. The van der Waals surface area contributed by atoms with Crippen LogP contribution in [0.4, 0.5) is 4.39 Å². The van der Waals surface area contributed by atoms with Crippen molar-refractivity contribution in [1.82, 2.24) is 14.5 Å². The summed E-state index contributed by atoms with van der Waals surface area (Å²) in [4.78, 5) is 20.5. The molecule has 7 heteroatoms. The topological polar surface area (TPSA) is 59.9 Å². The number of H-pyrrole nitrogens is 1. The summed E-state index contributed by atoms with van der Waals surface area (Å²) in [7, 11) is 0. The minimum absolute atomic E-state index is 0.190. The Bertz CT molecular complexity index is 1190. The van der Waals surface area contributed by atoms with Gasteiger partial charge in [-0.15, -0.1) is 11.3 Å². The fourth-order valence-electron chi connectivity index (χ4n) is 3.07. The molecule has 27 heavy (non-hydrogen) atoms. The normalized spacial score (nSPS) is 14.0. The average molecular weight is 381 g/mol. The van der Waals surface area contributed by atoms with Crippen molar-refractivity contribution in [1.29, 1.82) is 0 Å². The Morgan fingerprint density at radius 2 is 2.15 bits per heavy atom. The lowest BCUT2D eigenvalue weighted by Gasteiger charge is -2.08. The Morgan fingerprint density at radius 1 is 1.26 bits per heavy atom. The molecule has 1 aliphatic carbocycles. The summed E-state index contributed by atoms with van der Waals surface area (Å²) in [6.45, 7) is 0.230. The number of nitrogens with zero attached hydrogens (tertiary/aromatic N) is 2. The third-order valence-corrected chi connectivity index (χ3v) is 5.41. The van der Waals surface area contributed by atoms with Crippen LogP contribution in [0.3, 0.4) is 0 Å². The minimum atomic E-state index is -0.247. The van der Waals surface area contributed by atoms with Crippen molar-refractivity contribution < 1.29 is 9.13 Å². The highest BCUT2D eigenvalue weighted by Crippen LogP contribution is 2.39. The van der Waals surface area contributed by atoms with Crippen LogP contribution < -0.4 is 10.3 Å². The van der Waals surface area contributed by atoms with E-state index >= 15 is 0 Å². The van der Waals surface area contributed by atoms with Gasteiger partial charge in [-0.2, -0.15) is 4.39 Å². The maximum absolute atomic E-state index is 13.0. The number of fused-ring (bicyclic) bond motifs is 1. The number of hydrogen-bond acceptors (Lipinski definition) is 4. The van der Waals surface area contributed by atoms with Crippen LogP contribution in [0.5, 0.6) is 5.75 Å². The largest absolute Gasteiger partial charge is 0.489 e. The fourth-order valence-corrected chi connectivity index (χ4v) is 3.69. The molecule has 4 aromatic rings. The van der Waals surface area contributed by atoms with Crippen LogP contribution in [0.2, 0.25) is 0 Å². The molecule has 1 aliphatic rings. The zero-order valence-corrected chi connectivity index (χ0v) is 15.1. The molecule has 0 atom stereocenters. The molecule has 1 saturated carbocycles. The van der Waals surface area contributed by atoms with E-state index in [1.54, 1.807) is 22.2 Å². The highest BCUT2D eigenvalue weighted by molar-refractivity contribution is 7.08. The van der Waals surface area contributed by atoms with Crippen LogP contribution in [-0.2, 0) is 6.61 Å². The molecule has 136 valence electrons. The van der Waals surface area contributed by atoms with Crippen molar-refractivity contribution in [2.75, 3.05) is 0 Å². The number of rotatable bonds is 5. The number of pyridine rings is 1. The molecule has 1 aromatic carbocycles. The van der Waals surface area contributed by atoms with Crippen molar-refractivity contribution in [3.05, 3.63) is 74.8 Å². The van der Waals surface area contributed by atoms with E-state index in [2.05, 4.69) is 9.97 Å². The van der Waals surface area contributed by atoms with E-state index in [1.807, 2.05) is 18.2 Å². The van der Waals surface area contributed by atoms with E-state index in [-0.39, 0.29) is 17.3 Å². The van der Waals surface area contributed by atoms with Gasteiger partial charge in [0.25, 0.3) is 5.56 Å². The molecule has 0 radical (unpaired) electrons. The van der Waals surface area contributed by atoms with Gasteiger partial charge in [0.1, 0.15) is 18.2 Å². The Kier molecular flexibility index (Phi) is 3.82. The van der Waals surface area contributed by atoms with Crippen molar-refractivity contribution in [2.45, 2.75) is 25.4 Å². The summed E-state index contributed by atoms with van der Waals surface area (Å²) >= 11 is 1.03. The number of aromatic nitrogens is 3. The molecule has 0 spiro atoms. The first-order valence-corrected chi connectivity index (χ1v) is 9.62. The van der Waals surface area contributed by atoms with Crippen LogP contribution >= 0.6 is 11.3 Å². The number of benzene rings is 1. The van der Waals surface area contributed by atoms with E-state index < -0.39 is 0 Å². The van der Waals surface area contributed by atoms with Gasteiger partial charge in [-0.25, -0.2) is 4.98 Å². The summed E-state index contributed by atoms with van der Waals surface area (Å²) < 4.78 is 20.2. The molecule has 0 bridgehead atoms. The van der Waals surface area contributed by atoms with Gasteiger partial charge in [-0.05, 0) is 43.2 Å². The first kappa shape index (κ1) is 16.3. The smallest absolute Gasteiger partial charge is 0.258 e. The Balaban J connectivity index is 1.39. The van der Waals surface area contributed by atoms with Gasteiger partial charge >= 0.3 is 0 Å². The highest BCUT2D eigenvalue weighted by Gasteiger charge is 2.26. The van der Waals surface area contributed by atoms with Crippen molar-refractivity contribution in [3.8, 4) is 11.4 Å². The molecule has 5 rings (SSSR count). The quantitative estimate of drug-likeness (QED) is 0.558. The molecule has 3 aromatic heterocycles. The number of halogens is 1. The van der Waals surface area contributed by atoms with Crippen LogP contribution in [0.25, 0.3) is 16.7 Å². The number of thiophene rings is 1. The van der Waals surface area contributed by atoms with Crippen LogP contribution in [0.1, 0.15) is 30.1 Å². The van der Waals surface area contributed by atoms with Gasteiger partial charge < -0.3 is 9.72 Å². The van der Waals surface area contributed by atoms with E-state index in [9.17, 15) is 9.18 Å². The molecule has 0 amide bonds. The maximum atomic E-state index is 13.0. The lowest BCUT2D eigenvalue weighted by Crippen LogP contribution is -2.16. The summed E-state index contributed by atoms with van der Waals surface area (Å²) in [5, 5.41) is 1.45. The van der Waals surface area contributed by atoms with Crippen LogP contribution in [0.15, 0.2) is 52.8 Å². The van der Waals surface area contributed by atoms with Gasteiger partial charge in [-0.3, -0.25) is 9.36 Å². The van der Waals surface area contributed by atoms with E-state index in [0.29, 0.717) is 11.7 Å². The summed E-state index contributed by atoms with van der Waals surface area (Å²) in [5.41, 5.74) is 3.17. The van der Waals surface area contributed by atoms with Crippen LogP contribution in [0, 0.1) is 5.13 Å². The zero-order valence-electron chi connectivity index (χ0n) is 14.3. The third kappa shape index (κ3) is 3.26. The molecule has 1 fully saturated rings. The summed E-state index contributed by atoms with van der Waals surface area (Å²) in [5.74, 6) is 2.04. The molecule has 0 unspecified atom stereocenters. The van der Waals surface area contributed by atoms with Crippen molar-refractivity contribution in [3.63, 3.8) is 0 Å². The molecule has 0 aliphatic heterocycles. The van der Waals surface area contributed by atoms with Crippen molar-refractivity contribution in [2.24, 2.45) is 0 Å². The molecule has 1 N–H and O–H groups in total. The summed E-state index contributed by atoms with van der Waals surface area (Å²) in [6.07, 6.45) is 4.06. The Labute approximate surface area is 158 Å². The van der Waals surface area contributed by atoms with E-state index in [0.717, 1.165) is 39.4 Å². The number of hydrogen-bond donors (Lipinski definition) is 1. The summed E-state index contributed by atoms with van der Waals surface area (Å²) in [6, 6.07) is 10.4. The standard InChI is InChI=1S/C20H16FN3O2S/c21-18-7-12(11-27-18)10-26-15-5-6-24(19(25)9-15)14-3-4-16-17(8-14)23-20(22-16)13-1-2-13/h3-9,11,13H,1-2,10H2,(H,22,23). The maximum Gasteiger partial charge on any atom is 0.258 e. The fraction of sp³-hybridized carbons (Fsp3) is 0.200. The lowest BCUT2D eigenvalue weighted by molar-refractivity contribution is 0.305. The molecular weight excluding hydrogens is 365 g/mol. The van der Waals surface area contributed by atoms with Crippen LogP contribution in [-0.4, -0.2) is 14.5 Å². The van der Waals surface area contributed by atoms with Gasteiger partial charge in [0.05, 0.1) is 16.7 Å². The molecule has 3 heterocycles. The number of ether oxygens (including phenoxy) is 1. The number of imidazole rings is 1. The first-order valence-electron chi connectivity index (χ1n) is 8.74. The van der Waals surface area contributed by atoms with E-state index in [1.165, 1.54) is 25.0 Å². The molecular formula is C20H16FN3O2S. The van der Waals surface area contributed by atoms with Gasteiger partial charge in [-0.1, -0.05) is 0 Å². The molecule has 5 nitrogen and oxygen atoms in total. The number of nitrogens with one attached hydrogen (secondary N) is 1. The van der Waals surface area contributed by atoms with Crippen molar-refractivity contribution >= 4 is 22.4 Å². The SMILES string of the molecule is O=c1cc(OCc2csc(F)c2)ccn1-c1ccc2nc(C3CC3)[nH]c2c1. The average Bonchev–Trinajstić information content (AvgIpc) is 3.29. The third-order valence-electron chi connectivity index (χ3n) is 4.64. The predicted octanol–water partition coefficient (Wildman–Crippen LogP) is 4.37. The molecule has 0 saturated heterocycles. The minimum Gasteiger partial charge on any atom is -0.489 e. The second kappa shape index (κ2) is 6.35.